The van der Waals surface area contributed by atoms with Crippen LogP contribution < -0.4 is 9.47 Å². The summed E-state index contributed by atoms with van der Waals surface area (Å²) in [5.74, 6) is 1.12. The third kappa shape index (κ3) is 4.97. The van der Waals surface area contributed by atoms with Crippen LogP contribution in [0.15, 0.2) is 59.3 Å². The monoisotopic (exact) mass is 386 g/mol. The molecule has 6 heteroatoms. The Labute approximate surface area is 160 Å². The number of methoxy groups -OCH3 is 1. The van der Waals surface area contributed by atoms with E-state index in [0.29, 0.717) is 11.3 Å². The van der Waals surface area contributed by atoms with Crippen molar-refractivity contribution in [2.45, 2.75) is 0 Å². The molecule has 134 valence electrons. The van der Waals surface area contributed by atoms with E-state index in [4.69, 9.17) is 14.2 Å². The fourth-order valence-electron chi connectivity index (χ4n) is 2.22. The minimum Gasteiger partial charge on any atom is -0.497 e. The number of esters is 1. The summed E-state index contributed by atoms with van der Waals surface area (Å²) in [4.78, 5) is 14.4. The number of carbonyl (C=O) groups is 1. The van der Waals surface area contributed by atoms with Crippen LogP contribution in [-0.2, 0) is 9.53 Å². The maximum absolute atomic E-state index is 12.5. The lowest BCUT2D eigenvalue weighted by Gasteiger charge is -2.09. The normalized spacial score (nSPS) is 11.2. The van der Waals surface area contributed by atoms with E-state index in [9.17, 15) is 4.79 Å². The molecule has 0 N–H and O–H groups in total. The van der Waals surface area contributed by atoms with Crippen molar-refractivity contribution in [2.24, 2.45) is 0 Å². The Balaban J connectivity index is 1.56. The number of carbonyl (C=O) groups excluding carboxylic acids is 1. The molecule has 2 aromatic heterocycles. The fourth-order valence-corrected chi connectivity index (χ4v) is 3.61. The minimum absolute atomic E-state index is 0.179. The van der Waals surface area contributed by atoms with E-state index in [1.807, 2.05) is 65.4 Å². The van der Waals surface area contributed by atoms with Crippen LogP contribution in [0.1, 0.15) is 9.75 Å². The molecule has 0 aliphatic rings. The molecular formula is C20H18O4S2. The zero-order chi connectivity index (χ0) is 18.2. The van der Waals surface area contributed by atoms with Crippen LogP contribution in [0, 0.1) is 0 Å². The van der Waals surface area contributed by atoms with Crippen molar-refractivity contribution in [3.63, 3.8) is 0 Å². The second-order valence-electron chi connectivity index (χ2n) is 5.21. The molecule has 0 saturated heterocycles. The van der Waals surface area contributed by atoms with Crippen LogP contribution in [0.4, 0.5) is 0 Å². The average Bonchev–Trinajstić information content (AvgIpc) is 3.37. The molecule has 0 bridgehead atoms. The molecule has 0 saturated carbocycles. The third-order valence-electron chi connectivity index (χ3n) is 3.48. The van der Waals surface area contributed by atoms with Crippen molar-refractivity contribution in [3.05, 3.63) is 69.0 Å². The molecule has 0 aliphatic heterocycles. The topological polar surface area (TPSA) is 44.8 Å². The summed E-state index contributed by atoms with van der Waals surface area (Å²) in [6.07, 6.45) is 1.86. The highest BCUT2D eigenvalue weighted by atomic mass is 32.1. The standard InChI is InChI=1S/C20H18O4S2/c1-22-15-6-8-16(9-7-15)23-10-11-24-20(21)18(19-5-3-13-26-19)14-17-4-2-12-25-17/h2-9,12-14H,10-11H2,1H3/b18-14+. The second kappa shape index (κ2) is 9.22. The highest BCUT2D eigenvalue weighted by molar-refractivity contribution is 7.12. The van der Waals surface area contributed by atoms with Crippen molar-refractivity contribution in [1.82, 2.24) is 0 Å². The van der Waals surface area contributed by atoms with Gasteiger partial charge in [-0.25, -0.2) is 4.79 Å². The Kier molecular flexibility index (Phi) is 6.46. The minimum atomic E-state index is -0.348. The summed E-state index contributed by atoms with van der Waals surface area (Å²) in [7, 11) is 1.62. The van der Waals surface area contributed by atoms with E-state index in [1.54, 1.807) is 18.4 Å². The summed E-state index contributed by atoms with van der Waals surface area (Å²) in [5, 5.41) is 3.92. The molecule has 0 spiro atoms. The summed E-state index contributed by atoms with van der Waals surface area (Å²) in [5.41, 5.74) is 0.562. The van der Waals surface area contributed by atoms with E-state index in [-0.39, 0.29) is 19.2 Å². The van der Waals surface area contributed by atoms with Crippen LogP contribution in [-0.4, -0.2) is 26.3 Å². The Morgan fingerprint density at radius 3 is 2.35 bits per heavy atom. The number of ether oxygens (including phenoxy) is 3. The molecular weight excluding hydrogens is 368 g/mol. The molecule has 3 rings (SSSR count). The molecule has 1 aromatic carbocycles. The zero-order valence-corrected chi connectivity index (χ0v) is 15.8. The van der Waals surface area contributed by atoms with E-state index < -0.39 is 0 Å². The average molecular weight is 386 g/mol. The van der Waals surface area contributed by atoms with Crippen molar-refractivity contribution in [3.8, 4) is 11.5 Å². The molecule has 0 radical (unpaired) electrons. The number of rotatable bonds is 8. The summed E-state index contributed by atoms with van der Waals surface area (Å²) < 4.78 is 16.1. The maximum Gasteiger partial charge on any atom is 0.339 e. The van der Waals surface area contributed by atoms with E-state index in [1.165, 1.54) is 11.3 Å². The SMILES string of the molecule is COc1ccc(OCCOC(=O)/C(=C/c2cccs2)c2cccs2)cc1. The third-order valence-corrected chi connectivity index (χ3v) is 5.20. The van der Waals surface area contributed by atoms with Gasteiger partial charge in [-0.05, 0) is 53.2 Å². The predicted octanol–water partition coefficient (Wildman–Crippen LogP) is 4.98. The van der Waals surface area contributed by atoms with Gasteiger partial charge in [0.25, 0.3) is 0 Å². The van der Waals surface area contributed by atoms with E-state index >= 15 is 0 Å². The molecule has 0 unspecified atom stereocenters. The Hall–Kier alpha value is -2.57. The summed E-state index contributed by atoms with van der Waals surface area (Å²) in [6.45, 7) is 0.465. The zero-order valence-electron chi connectivity index (χ0n) is 14.2. The van der Waals surface area contributed by atoms with Crippen molar-refractivity contribution < 1.29 is 19.0 Å². The summed E-state index contributed by atoms with van der Waals surface area (Å²) >= 11 is 3.09. The molecule has 26 heavy (non-hydrogen) atoms. The first-order chi connectivity index (χ1) is 12.8. The fraction of sp³-hybridized carbons (Fsp3) is 0.150. The first-order valence-electron chi connectivity index (χ1n) is 7.99. The number of hydrogen-bond donors (Lipinski definition) is 0. The molecule has 0 atom stereocenters. The van der Waals surface area contributed by atoms with Gasteiger partial charge in [-0.2, -0.15) is 0 Å². The van der Waals surface area contributed by atoms with E-state index in [0.717, 1.165) is 15.5 Å². The molecule has 0 amide bonds. The first kappa shape index (κ1) is 18.2. The van der Waals surface area contributed by atoms with Gasteiger partial charge in [0.1, 0.15) is 24.7 Å². The molecule has 3 aromatic rings. The van der Waals surface area contributed by atoms with Crippen LogP contribution in [0.2, 0.25) is 0 Å². The van der Waals surface area contributed by atoms with Gasteiger partial charge in [0.2, 0.25) is 0 Å². The lowest BCUT2D eigenvalue weighted by Crippen LogP contribution is -2.13. The van der Waals surface area contributed by atoms with E-state index in [2.05, 4.69) is 0 Å². The Bertz CT molecular complexity index is 835. The van der Waals surface area contributed by atoms with Gasteiger partial charge in [0.15, 0.2) is 0 Å². The van der Waals surface area contributed by atoms with Crippen LogP contribution >= 0.6 is 22.7 Å². The van der Waals surface area contributed by atoms with Gasteiger partial charge in [-0.15, -0.1) is 22.7 Å². The molecule has 0 aliphatic carbocycles. The Morgan fingerprint density at radius 2 is 1.69 bits per heavy atom. The van der Waals surface area contributed by atoms with Crippen LogP contribution in [0.3, 0.4) is 0 Å². The van der Waals surface area contributed by atoms with Crippen molar-refractivity contribution in [1.29, 1.82) is 0 Å². The molecule has 0 fully saturated rings. The highest BCUT2D eigenvalue weighted by Crippen LogP contribution is 2.26. The number of benzene rings is 1. The van der Waals surface area contributed by atoms with Gasteiger partial charge in [0, 0.05) is 9.75 Å². The van der Waals surface area contributed by atoms with Gasteiger partial charge < -0.3 is 14.2 Å². The van der Waals surface area contributed by atoms with Crippen LogP contribution in [0.5, 0.6) is 11.5 Å². The maximum atomic E-state index is 12.5. The summed E-state index contributed by atoms with van der Waals surface area (Å²) in [6, 6.07) is 15.0. The Morgan fingerprint density at radius 1 is 0.962 bits per heavy atom. The molecule has 2 heterocycles. The van der Waals surface area contributed by atoms with Gasteiger partial charge >= 0.3 is 5.97 Å². The largest absolute Gasteiger partial charge is 0.497 e. The lowest BCUT2D eigenvalue weighted by atomic mass is 10.2. The lowest BCUT2D eigenvalue weighted by molar-refractivity contribution is -0.137. The second-order valence-corrected chi connectivity index (χ2v) is 7.14. The smallest absolute Gasteiger partial charge is 0.339 e. The van der Waals surface area contributed by atoms with Gasteiger partial charge in [-0.3, -0.25) is 0 Å². The highest BCUT2D eigenvalue weighted by Gasteiger charge is 2.15. The predicted molar refractivity (Wildman–Crippen MR) is 106 cm³/mol. The van der Waals surface area contributed by atoms with Gasteiger partial charge in [-0.1, -0.05) is 12.1 Å². The molecule has 4 nitrogen and oxygen atoms in total. The van der Waals surface area contributed by atoms with Gasteiger partial charge in [0.05, 0.1) is 12.7 Å². The quantitative estimate of drug-likeness (QED) is 0.311. The van der Waals surface area contributed by atoms with Crippen LogP contribution in [0.25, 0.3) is 11.6 Å². The van der Waals surface area contributed by atoms with Crippen molar-refractivity contribution >= 4 is 40.3 Å². The number of hydrogen-bond acceptors (Lipinski definition) is 6. The number of thiophene rings is 2. The van der Waals surface area contributed by atoms with Crippen molar-refractivity contribution in [2.75, 3.05) is 20.3 Å². The first-order valence-corrected chi connectivity index (χ1v) is 9.75.